The number of nitrogens with one attached hydrogen (secondary N) is 1. The topological polar surface area (TPSA) is 77.2 Å². The highest BCUT2D eigenvalue weighted by Gasteiger charge is 2.11. The summed E-state index contributed by atoms with van der Waals surface area (Å²) in [5.74, 6) is 0.990. The summed E-state index contributed by atoms with van der Waals surface area (Å²) in [7, 11) is 0. The second-order valence-corrected chi connectivity index (χ2v) is 6.27. The number of aromatic nitrogens is 2. The molecule has 0 fully saturated rings. The van der Waals surface area contributed by atoms with E-state index in [4.69, 9.17) is 9.15 Å². The van der Waals surface area contributed by atoms with E-state index in [9.17, 15) is 4.79 Å². The Kier molecular flexibility index (Phi) is 5.01. The van der Waals surface area contributed by atoms with Gasteiger partial charge in [-0.25, -0.2) is 4.98 Å². The smallest absolute Gasteiger partial charge is 0.255 e. The summed E-state index contributed by atoms with van der Waals surface area (Å²) in [6, 6.07) is 16.2. The molecular formula is C22H19N3O3. The fraction of sp³-hybridized carbons (Fsp3) is 0.136. The first-order valence-electron chi connectivity index (χ1n) is 9.08. The van der Waals surface area contributed by atoms with Crippen LogP contribution in [-0.4, -0.2) is 22.5 Å². The first-order chi connectivity index (χ1) is 13.7. The maximum Gasteiger partial charge on any atom is 0.255 e. The molecular weight excluding hydrogens is 354 g/mol. The van der Waals surface area contributed by atoms with Gasteiger partial charge >= 0.3 is 0 Å². The molecule has 2 aromatic carbocycles. The number of oxazole rings is 1. The number of hydrogen-bond acceptors (Lipinski definition) is 5. The summed E-state index contributed by atoms with van der Waals surface area (Å²) < 4.78 is 11.4. The summed E-state index contributed by atoms with van der Waals surface area (Å²) >= 11 is 0. The molecule has 0 saturated heterocycles. The molecule has 0 aliphatic carbocycles. The number of carbonyl (C=O) groups is 1. The number of amides is 1. The van der Waals surface area contributed by atoms with Crippen molar-refractivity contribution in [2.75, 3.05) is 11.9 Å². The Morgan fingerprint density at radius 1 is 1.11 bits per heavy atom. The van der Waals surface area contributed by atoms with Gasteiger partial charge in [-0.3, -0.25) is 9.78 Å². The van der Waals surface area contributed by atoms with Crippen LogP contribution < -0.4 is 10.1 Å². The quantitative estimate of drug-likeness (QED) is 0.518. The molecule has 28 heavy (non-hydrogen) atoms. The van der Waals surface area contributed by atoms with E-state index in [-0.39, 0.29) is 5.91 Å². The van der Waals surface area contributed by atoms with Crippen LogP contribution in [0.3, 0.4) is 0 Å². The normalized spacial score (nSPS) is 10.8. The SMILES string of the molecule is CCCOc1cccc(C(=O)Nc2ccc3oc(-c4ccncc4)nc3c2)c1. The van der Waals surface area contributed by atoms with Crippen molar-refractivity contribution in [2.24, 2.45) is 0 Å². The van der Waals surface area contributed by atoms with Gasteiger partial charge in [-0.15, -0.1) is 0 Å². The van der Waals surface area contributed by atoms with Crippen LogP contribution in [0.2, 0.25) is 0 Å². The molecule has 2 aromatic heterocycles. The lowest BCUT2D eigenvalue weighted by Gasteiger charge is -2.08. The van der Waals surface area contributed by atoms with Gasteiger partial charge in [-0.05, 0) is 55.0 Å². The molecule has 1 amide bonds. The van der Waals surface area contributed by atoms with Crippen LogP contribution in [0.5, 0.6) is 5.75 Å². The van der Waals surface area contributed by atoms with Crippen molar-refractivity contribution in [3.63, 3.8) is 0 Å². The summed E-state index contributed by atoms with van der Waals surface area (Å²) in [4.78, 5) is 21.1. The van der Waals surface area contributed by atoms with E-state index in [1.54, 1.807) is 42.7 Å². The molecule has 0 aliphatic rings. The summed E-state index contributed by atoms with van der Waals surface area (Å²) in [5.41, 5.74) is 3.35. The molecule has 0 bridgehead atoms. The Bertz CT molecular complexity index is 1110. The van der Waals surface area contributed by atoms with Crippen molar-refractivity contribution in [1.82, 2.24) is 9.97 Å². The van der Waals surface area contributed by atoms with Crippen molar-refractivity contribution in [2.45, 2.75) is 13.3 Å². The maximum atomic E-state index is 12.6. The van der Waals surface area contributed by atoms with E-state index >= 15 is 0 Å². The van der Waals surface area contributed by atoms with Crippen LogP contribution in [0.25, 0.3) is 22.6 Å². The van der Waals surface area contributed by atoms with Gasteiger partial charge in [0.25, 0.3) is 5.91 Å². The van der Waals surface area contributed by atoms with E-state index in [0.717, 1.165) is 12.0 Å². The largest absolute Gasteiger partial charge is 0.494 e. The Labute approximate surface area is 162 Å². The van der Waals surface area contributed by atoms with E-state index < -0.39 is 0 Å². The van der Waals surface area contributed by atoms with Crippen LogP contribution in [0.1, 0.15) is 23.7 Å². The highest BCUT2D eigenvalue weighted by Crippen LogP contribution is 2.26. The molecule has 0 unspecified atom stereocenters. The van der Waals surface area contributed by atoms with E-state index in [1.807, 2.05) is 31.2 Å². The highest BCUT2D eigenvalue weighted by molar-refractivity contribution is 6.05. The predicted molar refractivity (Wildman–Crippen MR) is 107 cm³/mol. The van der Waals surface area contributed by atoms with Crippen LogP contribution in [0.4, 0.5) is 5.69 Å². The second-order valence-electron chi connectivity index (χ2n) is 6.27. The molecule has 0 saturated carbocycles. The molecule has 1 N–H and O–H groups in total. The third-order valence-corrected chi connectivity index (χ3v) is 4.14. The molecule has 0 aliphatic heterocycles. The Morgan fingerprint density at radius 3 is 2.79 bits per heavy atom. The number of pyridine rings is 1. The van der Waals surface area contributed by atoms with E-state index in [1.165, 1.54) is 0 Å². The van der Waals surface area contributed by atoms with Crippen molar-refractivity contribution in [3.05, 3.63) is 72.6 Å². The third kappa shape index (κ3) is 3.86. The summed E-state index contributed by atoms with van der Waals surface area (Å²) in [6.07, 6.45) is 4.29. The number of benzene rings is 2. The second kappa shape index (κ2) is 7.92. The third-order valence-electron chi connectivity index (χ3n) is 4.14. The van der Waals surface area contributed by atoms with Crippen LogP contribution in [0, 0.1) is 0 Å². The zero-order chi connectivity index (χ0) is 19.3. The van der Waals surface area contributed by atoms with Crippen molar-refractivity contribution >= 4 is 22.7 Å². The molecule has 2 heterocycles. The average Bonchev–Trinajstić information content (AvgIpc) is 3.16. The molecule has 0 atom stereocenters. The molecule has 6 heteroatoms. The van der Waals surface area contributed by atoms with Crippen molar-refractivity contribution in [3.8, 4) is 17.2 Å². The molecule has 0 radical (unpaired) electrons. The minimum atomic E-state index is -0.209. The summed E-state index contributed by atoms with van der Waals surface area (Å²) in [6.45, 7) is 2.66. The van der Waals surface area contributed by atoms with Crippen LogP contribution in [-0.2, 0) is 0 Å². The lowest BCUT2D eigenvalue weighted by Crippen LogP contribution is -2.12. The number of nitrogens with zero attached hydrogens (tertiary/aromatic N) is 2. The Hall–Kier alpha value is -3.67. The minimum Gasteiger partial charge on any atom is -0.494 e. The molecule has 4 aromatic rings. The lowest BCUT2D eigenvalue weighted by molar-refractivity contribution is 0.102. The van der Waals surface area contributed by atoms with Gasteiger partial charge in [-0.1, -0.05) is 13.0 Å². The highest BCUT2D eigenvalue weighted by atomic mass is 16.5. The zero-order valence-corrected chi connectivity index (χ0v) is 15.4. The molecule has 6 nitrogen and oxygen atoms in total. The fourth-order valence-electron chi connectivity index (χ4n) is 2.77. The Balaban J connectivity index is 1.54. The standard InChI is InChI=1S/C22H19N3O3/c1-2-12-27-18-5-3-4-16(13-18)21(26)24-17-6-7-20-19(14-17)25-22(28-20)15-8-10-23-11-9-15/h3-11,13-14H,2,12H2,1H3,(H,24,26). The number of hydrogen-bond donors (Lipinski definition) is 1. The number of rotatable bonds is 6. The van der Waals surface area contributed by atoms with Gasteiger partial charge in [-0.2, -0.15) is 0 Å². The van der Waals surface area contributed by atoms with Gasteiger partial charge in [0, 0.05) is 29.2 Å². The van der Waals surface area contributed by atoms with Crippen molar-refractivity contribution < 1.29 is 13.9 Å². The lowest BCUT2D eigenvalue weighted by atomic mass is 10.2. The number of ether oxygens (including phenoxy) is 1. The predicted octanol–water partition coefficient (Wildman–Crippen LogP) is 4.93. The maximum absolute atomic E-state index is 12.6. The zero-order valence-electron chi connectivity index (χ0n) is 15.4. The first-order valence-corrected chi connectivity index (χ1v) is 9.08. The molecule has 140 valence electrons. The molecule has 4 rings (SSSR count). The van der Waals surface area contributed by atoms with Crippen molar-refractivity contribution in [1.29, 1.82) is 0 Å². The number of carbonyl (C=O) groups excluding carboxylic acids is 1. The summed E-state index contributed by atoms with van der Waals surface area (Å²) in [5, 5.41) is 2.90. The van der Waals surface area contributed by atoms with Crippen LogP contribution >= 0.6 is 0 Å². The van der Waals surface area contributed by atoms with Gasteiger partial charge < -0.3 is 14.5 Å². The number of anilines is 1. The van der Waals surface area contributed by atoms with Crippen LogP contribution in [0.15, 0.2) is 71.4 Å². The van der Waals surface area contributed by atoms with E-state index in [2.05, 4.69) is 15.3 Å². The van der Waals surface area contributed by atoms with Gasteiger partial charge in [0.2, 0.25) is 5.89 Å². The average molecular weight is 373 g/mol. The van der Waals surface area contributed by atoms with Gasteiger partial charge in [0.15, 0.2) is 5.58 Å². The number of fused-ring (bicyclic) bond motifs is 1. The van der Waals surface area contributed by atoms with Gasteiger partial charge in [0.1, 0.15) is 11.3 Å². The van der Waals surface area contributed by atoms with Gasteiger partial charge in [0.05, 0.1) is 6.61 Å². The monoisotopic (exact) mass is 373 g/mol. The minimum absolute atomic E-state index is 0.209. The fourth-order valence-corrected chi connectivity index (χ4v) is 2.77. The molecule has 0 spiro atoms. The first kappa shape index (κ1) is 17.7. The van der Waals surface area contributed by atoms with E-state index in [0.29, 0.717) is 40.6 Å². The Morgan fingerprint density at radius 2 is 1.96 bits per heavy atom.